The normalized spacial score (nSPS) is 15.0. The van der Waals surface area contributed by atoms with Crippen LogP contribution in [0.4, 0.5) is 5.69 Å². The molecule has 0 radical (unpaired) electrons. The van der Waals surface area contributed by atoms with Crippen molar-refractivity contribution in [3.05, 3.63) is 96.2 Å². The SMILES string of the molecule is COc1ccc(-c2cc(-c3ccc(C)cc3)c(C#N)c(SC3CC(=O)N(c4ccc5cc[nH]c5c4)C3=O)n2)cc1. The number of carbonyl (C=O) groups excluding carboxylic acids is 2. The van der Waals surface area contributed by atoms with Crippen molar-refractivity contribution in [1.82, 2.24) is 9.97 Å². The van der Waals surface area contributed by atoms with Crippen molar-refractivity contribution in [3.63, 3.8) is 0 Å². The van der Waals surface area contributed by atoms with Crippen LogP contribution in [0.15, 0.2) is 90.1 Å². The summed E-state index contributed by atoms with van der Waals surface area (Å²) in [5, 5.41) is 11.0. The average molecular weight is 545 g/mol. The van der Waals surface area contributed by atoms with Crippen molar-refractivity contribution in [3.8, 4) is 34.2 Å². The van der Waals surface area contributed by atoms with Gasteiger partial charge in [-0.05, 0) is 66.4 Å². The summed E-state index contributed by atoms with van der Waals surface area (Å²) >= 11 is 1.17. The highest BCUT2D eigenvalue weighted by Crippen LogP contribution is 2.39. The third-order valence-corrected chi connectivity index (χ3v) is 8.17. The molecule has 196 valence electrons. The summed E-state index contributed by atoms with van der Waals surface area (Å²) in [6.07, 6.45) is 1.84. The molecule has 7 nitrogen and oxygen atoms in total. The van der Waals surface area contributed by atoms with Crippen LogP contribution in [0.25, 0.3) is 33.3 Å². The van der Waals surface area contributed by atoms with Gasteiger partial charge < -0.3 is 9.72 Å². The molecule has 1 N–H and O–H groups in total. The number of aromatic nitrogens is 2. The van der Waals surface area contributed by atoms with Crippen LogP contribution in [0, 0.1) is 18.3 Å². The molecule has 1 aliphatic heterocycles. The highest BCUT2D eigenvalue weighted by molar-refractivity contribution is 8.00. The number of amides is 2. The lowest BCUT2D eigenvalue weighted by molar-refractivity contribution is -0.121. The number of imide groups is 1. The second-order valence-corrected chi connectivity index (χ2v) is 10.8. The number of aromatic amines is 1. The number of fused-ring (bicyclic) bond motifs is 1. The van der Waals surface area contributed by atoms with Gasteiger partial charge >= 0.3 is 0 Å². The summed E-state index contributed by atoms with van der Waals surface area (Å²) in [6, 6.07) is 27.1. The molecule has 3 heterocycles. The number of rotatable bonds is 6. The first kappa shape index (κ1) is 25.4. The molecule has 1 unspecified atom stereocenters. The molecule has 3 aromatic carbocycles. The van der Waals surface area contributed by atoms with E-state index in [2.05, 4.69) is 11.1 Å². The van der Waals surface area contributed by atoms with Crippen LogP contribution < -0.4 is 9.64 Å². The van der Waals surface area contributed by atoms with E-state index in [-0.39, 0.29) is 18.2 Å². The maximum Gasteiger partial charge on any atom is 0.247 e. The van der Waals surface area contributed by atoms with Crippen LogP contribution in [0.1, 0.15) is 17.5 Å². The van der Waals surface area contributed by atoms with Gasteiger partial charge in [-0.2, -0.15) is 5.26 Å². The number of carbonyl (C=O) groups is 2. The third-order valence-electron chi connectivity index (χ3n) is 7.00. The number of methoxy groups -OCH3 is 1. The van der Waals surface area contributed by atoms with Crippen LogP contribution in [0.5, 0.6) is 5.75 Å². The quantitative estimate of drug-likeness (QED) is 0.245. The third kappa shape index (κ3) is 4.61. The van der Waals surface area contributed by atoms with Crippen LogP contribution in [0.2, 0.25) is 0 Å². The van der Waals surface area contributed by atoms with E-state index in [1.807, 2.05) is 79.9 Å². The van der Waals surface area contributed by atoms with Crippen LogP contribution in [-0.2, 0) is 9.59 Å². The lowest BCUT2D eigenvalue weighted by Gasteiger charge is -2.16. The first-order chi connectivity index (χ1) is 19.4. The predicted molar refractivity (Wildman–Crippen MR) is 156 cm³/mol. The summed E-state index contributed by atoms with van der Waals surface area (Å²) in [4.78, 5) is 35.8. The van der Waals surface area contributed by atoms with Gasteiger partial charge in [0.2, 0.25) is 11.8 Å². The Kier molecular flexibility index (Phi) is 6.58. The van der Waals surface area contributed by atoms with E-state index in [1.54, 1.807) is 19.2 Å². The van der Waals surface area contributed by atoms with E-state index >= 15 is 0 Å². The fraction of sp³-hybridized carbons (Fsp3) is 0.125. The molecular formula is C32H24N4O3S. The molecule has 40 heavy (non-hydrogen) atoms. The predicted octanol–water partition coefficient (Wildman–Crippen LogP) is 6.51. The Morgan fingerprint density at radius 2 is 1.75 bits per heavy atom. The highest BCUT2D eigenvalue weighted by Gasteiger charge is 2.41. The molecule has 2 aromatic heterocycles. The van der Waals surface area contributed by atoms with E-state index in [4.69, 9.17) is 9.72 Å². The topological polar surface area (TPSA) is 99.1 Å². The summed E-state index contributed by atoms with van der Waals surface area (Å²) in [7, 11) is 1.61. The van der Waals surface area contributed by atoms with Gasteiger partial charge in [-0.3, -0.25) is 9.59 Å². The van der Waals surface area contributed by atoms with Gasteiger partial charge in [-0.1, -0.05) is 47.7 Å². The molecule has 0 saturated carbocycles. The Morgan fingerprint density at radius 1 is 1.00 bits per heavy atom. The smallest absolute Gasteiger partial charge is 0.247 e. The van der Waals surface area contributed by atoms with Crippen molar-refractivity contribution in [2.45, 2.75) is 23.6 Å². The van der Waals surface area contributed by atoms with Crippen LogP contribution in [0.3, 0.4) is 0 Å². The number of nitriles is 1. The monoisotopic (exact) mass is 544 g/mol. The summed E-state index contributed by atoms with van der Waals surface area (Å²) in [5.74, 6) is 0.119. The fourth-order valence-corrected chi connectivity index (χ4v) is 5.99. The first-order valence-corrected chi connectivity index (χ1v) is 13.6. The molecule has 1 aliphatic rings. The van der Waals surface area contributed by atoms with E-state index in [9.17, 15) is 14.9 Å². The molecule has 6 rings (SSSR count). The van der Waals surface area contributed by atoms with Gasteiger partial charge in [0.05, 0.1) is 29.3 Å². The number of nitrogens with one attached hydrogen (secondary N) is 1. The van der Waals surface area contributed by atoms with E-state index in [1.165, 1.54) is 16.7 Å². The van der Waals surface area contributed by atoms with Crippen molar-refractivity contribution in [1.29, 1.82) is 5.26 Å². The maximum absolute atomic E-state index is 13.6. The van der Waals surface area contributed by atoms with Gasteiger partial charge in [0.25, 0.3) is 0 Å². The number of anilines is 1. The highest BCUT2D eigenvalue weighted by atomic mass is 32.2. The number of ether oxygens (including phenoxy) is 1. The van der Waals surface area contributed by atoms with E-state index in [0.717, 1.165) is 38.9 Å². The Bertz CT molecular complexity index is 1800. The second kappa shape index (κ2) is 10.4. The zero-order valence-corrected chi connectivity index (χ0v) is 22.7. The number of thioether (sulfide) groups is 1. The standard InChI is InChI=1S/C32H24N4O3S/c1-19-3-5-20(6-4-19)25-16-28(21-8-11-24(39-2)12-9-21)35-31(26(25)18-33)40-29-17-30(37)36(32(29)38)23-10-7-22-13-14-34-27(22)15-23/h3-16,29,34H,17H2,1-2H3. The number of H-pyrrole nitrogens is 1. The number of benzene rings is 3. The zero-order valence-electron chi connectivity index (χ0n) is 21.8. The van der Waals surface area contributed by atoms with Crippen LogP contribution >= 0.6 is 11.8 Å². The number of hydrogen-bond donors (Lipinski definition) is 1. The molecule has 0 spiro atoms. The minimum Gasteiger partial charge on any atom is -0.497 e. The number of pyridine rings is 1. The van der Waals surface area contributed by atoms with E-state index < -0.39 is 5.25 Å². The van der Waals surface area contributed by atoms with Crippen molar-refractivity contribution in [2.75, 3.05) is 12.0 Å². The number of aryl methyl sites for hydroxylation is 1. The molecular weight excluding hydrogens is 520 g/mol. The van der Waals surface area contributed by atoms with Crippen molar-refractivity contribution < 1.29 is 14.3 Å². The molecule has 1 atom stereocenters. The Hall–Kier alpha value is -4.87. The summed E-state index contributed by atoms with van der Waals surface area (Å²) in [6.45, 7) is 2.01. The second-order valence-electron chi connectivity index (χ2n) is 9.57. The molecule has 1 fully saturated rings. The zero-order chi connectivity index (χ0) is 27.8. The lowest BCUT2D eigenvalue weighted by atomic mass is 9.98. The van der Waals surface area contributed by atoms with Gasteiger partial charge in [0.15, 0.2) is 0 Å². The average Bonchev–Trinajstić information content (AvgIpc) is 3.55. The Labute approximate surface area is 235 Å². The van der Waals surface area contributed by atoms with Gasteiger partial charge in [-0.25, -0.2) is 9.88 Å². The van der Waals surface area contributed by atoms with Gasteiger partial charge in [0, 0.05) is 29.3 Å². The summed E-state index contributed by atoms with van der Waals surface area (Å²) < 4.78 is 5.30. The Balaban J connectivity index is 1.40. The fourth-order valence-electron chi connectivity index (χ4n) is 4.86. The molecule has 0 aliphatic carbocycles. The van der Waals surface area contributed by atoms with Crippen molar-refractivity contribution in [2.24, 2.45) is 0 Å². The van der Waals surface area contributed by atoms with Crippen molar-refractivity contribution >= 4 is 40.2 Å². The maximum atomic E-state index is 13.6. The summed E-state index contributed by atoms with van der Waals surface area (Å²) in [5.41, 5.74) is 5.94. The minimum atomic E-state index is -0.705. The largest absolute Gasteiger partial charge is 0.497 e. The molecule has 8 heteroatoms. The number of nitrogens with zero attached hydrogens (tertiary/aromatic N) is 3. The molecule has 1 saturated heterocycles. The molecule has 5 aromatic rings. The lowest BCUT2D eigenvalue weighted by Crippen LogP contribution is -2.31. The van der Waals surface area contributed by atoms with Gasteiger partial charge in [-0.15, -0.1) is 0 Å². The van der Waals surface area contributed by atoms with E-state index in [0.29, 0.717) is 22.0 Å². The number of hydrogen-bond acceptors (Lipinski definition) is 6. The van der Waals surface area contributed by atoms with Crippen LogP contribution in [-0.4, -0.2) is 34.1 Å². The minimum absolute atomic E-state index is 0.0193. The Morgan fingerprint density at radius 3 is 2.48 bits per heavy atom. The first-order valence-electron chi connectivity index (χ1n) is 12.7. The van der Waals surface area contributed by atoms with Gasteiger partial charge in [0.1, 0.15) is 16.8 Å². The molecule has 0 bridgehead atoms. The molecule has 2 amide bonds.